The van der Waals surface area contributed by atoms with Gasteiger partial charge in [-0.1, -0.05) is 6.07 Å². The number of rotatable bonds is 6. The van der Waals surface area contributed by atoms with Crippen LogP contribution in [0.5, 0.6) is 11.5 Å². The fourth-order valence-electron chi connectivity index (χ4n) is 2.32. The maximum atomic E-state index is 5.88. The standard InChI is InChI=1S/C15H25N3O2/c1-17-5-7-18(8-6-17)9-10-20-15-11-14(19-2)4-3-13(15)12-16/h3-4,11H,5-10,12,16H2,1-2H3. The molecule has 112 valence electrons. The first-order valence-electron chi connectivity index (χ1n) is 7.13. The zero-order chi connectivity index (χ0) is 14.4. The van der Waals surface area contributed by atoms with E-state index < -0.39 is 0 Å². The van der Waals surface area contributed by atoms with Crippen molar-refractivity contribution in [2.45, 2.75) is 6.54 Å². The molecular weight excluding hydrogens is 254 g/mol. The summed E-state index contributed by atoms with van der Waals surface area (Å²) < 4.78 is 11.1. The number of likely N-dealkylation sites (N-methyl/N-ethyl adjacent to an activating group) is 1. The fraction of sp³-hybridized carbons (Fsp3) is 0.600. The SMILES string of the molecule is COc1ccc(CN)c(OCCN2CCN(C)CC2)c1. The Labute approximate surface area is 121 Å². The van der Waals surface area contributed by atoms with Gasteiger partial charge in [0.05, 0.1) is 7.11 Å². The van der Waals surface area contributed by atoms with Gasteiger partial charge in [-0.2, -0.15) is 0 Å². The van der Waals surface area contributed by atoms with Gasteiger partial charge in [0.25, 0.3) is 0 Å². The van der Waals surface area contributed by atoms with E-state index in [1.54, 1.807) is 7.11 Å². The molecule has 5 heteroatoms. The fourth-order valence-corrected chi connectivity index (χ4v) is 2.32. The van der Waals surface area contributed by atoms with Crippen LogP contribution in [-0.4, -0.2) is 63.3 Å². The van der Waals surface area contributed by atoms with Gasteiger partial charge in [-0.25, -0.2) is 0 Å². The highest BCUT2D eigenvalue weighted by molar-refractivity contribution is 5.40. The number of nitrogens with zero attached hydrogens (tertiary/aromatic N) is 2. The first kappa shape index (κ1) is 15.1. The van der Waals surface area contributed by atoms with E-state index in [0.29, 0.717) is 13.2 Å². The van der Waals surface area contributed by atoms with E-state index in [1.807, 2.05) is 18.2 Å². The highest BCUT2D eigenvalue weighted by Gasteiger charge is 2.13. The van der Waals surface area contributed by atoms with Crippen LogP contribution in [0.25, 0.3) is 0 Å². The van der Waals surface area contributed by atoms with E-state index in [-0.39, 0.29) is 0 Å². The Morgan fingerprint density at radius 1 is 1.20 bits per heavy atom. The Kier molecular flexibility index (Phi) is 5.64. The summed E-state index contributed by atoms with van der Waals surface area (Å²) in [5.41, 5.74) is 6.75. The van der Waals surface area contributed by atoms with Crippen LogP contribution in [0.2, 0.25) is 0 Å². The predicted molar refractivity (Wildman–Crippen MR) is 80.3 cm³/mol. The monoisotopic (exact) mass is 279 g/mol. The Bertz CT molecular complexity index is 418. The molecule has 1 aromatic carbocycles. The highest BCUT2D eigenvalue weighted by Crippen LogP contribution is 2.24. The van der Waals surface area contributed by atoms with Crippen LogP contribution in [-0.2, 0) is 6.54 Å². The third-order valence-corrected chi connectivity index (χ3v) is 3.76. The molecule has 0 radical (unpaired) electrons. The van der Waals surface area contributed by atoms with Gasteiger partial charge < -0.3 is 20.1 Å². The summed E-state index contributed by atoms with van der Waals surface area (Å²) in [7, 11) is 3.82. The largest absolute Gasteiger partial charge is 0.497 e. The summed E-state index contributed by atoms with van der Waals surface area (Å²) in [6.45, 7) is 6.61. The number of piperazine rings is 1. The third kappa shape index (κ3) is 4.10. The van der Waals surface area contributed by atoms with Crippen LogP contribution in [0.3, 0.4) is 0 Å². The number of nitrogens with two attached hydrogens (primary N) is 1. The quantitative estimate of drug-likeness (QED) is 0.834. The minimum Gasteiger partial charge on any atom is -0.497 e. The molecule has 2 N–H and O–H groups in total. The van der Waals surface area contributed by atoms with Crippen LogP contribution in [0, 0.1) is 0 Å². The topological polar surface area (TPSA) is 51.0 Å². The van der Waals surface area contributed by atoms with E-state index in [2.05, 4.69) is 16.8 Å². The highest BCUT2D eigenvalue weighted by atomic mass is 16.5. The number of methoxy groups -OCH3 is 1. The molecule has 1 aromatic rings. The summed E-state index contributed by atoms with van der Waals surface area (Å²) in [5.74, 6) is 1.64. The van der Waals surface area contributed by atoms with Gasteiger partial charge in [0.1, 0.15) is 18.1 Å². The number of hydrogen-bond donors (Lipinski definition) is 1. The van der Waals surface area contributed by atoms with E-state index in [0.717, 1.165) is 49.8 Å². The van der Waals surface area contributed by atoms with Crippen LogP contribution in [0.15, 0.2) is 18.2 Å². The smallest absolute Gasteiger partial charge is 0.127 e. The first-order valence-corrected chi connectivity index (χ1v) is 7.13. The van der Waals surface area contributed by atoms with Crippen molar-refractivity contribution < 1.29 is 9.47 Å². The van der Waals surface area contributed by atoms with Crippen molar-refractivity contribution in [2.75, 3.05) is 53.5 Å². The molecule has 1 heterocycles. The van der Waals surface area contributed by atoms with Crippen molar-refractivity contribution in [3.05, 3.63) is 23.8 Å². The second-order valence-corrected chi connectivity index (χ2v) is 5.17. The molecule has 0 bridgehead atoms. The average molecular weight is 279 g/mol. The number of ether oxygens (including phenoxy) is 2. The number of hydrogen-bond acceptors (Lipinski definition) is 5. The van der Waals surface area contributed by atoms with E-state index in [4.69, 9.17) is 15.2 Å². The lowest BCUT2D eigenvalue weighted by Crippen LogP contribution is -2.45. The zero-order valence-electron chi connectivity index (χ0n) is 12.5. The van der Waals surface area contributed by atoms with Gasteiger partial charge in [0.2, 0.25) is 0 Å². The lowest BCUT2D eigenvalue weighted by molar-refractivity contribution is 0.133. The van der Waals surface area contributed by atoms with Gasteiger partial charge in [-0.05, 0) is 13.1 Å². The molecule has 0 saturated carbocycles. The molecule has 0 amide bonds. The van der Waals surface area contributed by atoms with Crippen LogP contribution < -0.4 is 15.2 Å². The lowest BCUT2D eigenvalue weighted by atomic mass is 10.2. The summed E-state index contributed by atoms with van der Waals surface area (Å²) in [6.07, 6.45) is 0. The second-order valence-electron chi connectivity index (χ2n) is 5.17. The van der Waals surface area contributed by atoms with Gasteiger partial charge in [-0.15, -0.1) is 0 Å². The average Bonchev–Trinajstić information content (AvgIpc) is 2.49. The normalized spacial score (nSPS) is 17.1. The van der Waals surface area contributed by atoms with Crippen LogP contribution >= 0.6 is 0 Å². The van der Waals surface area contributed by atoms with Gasteiger partial charge in [0, 0.05) is 50.9 Å². The van der Waals surface area contributed by atoms with Crippen molar-refractivity contribution in [1.82, 2.24) is 9.80 Å². The maximum absolute atomic E-state index is 5.88. The minimum absolute atomic E-state index is 0.480. The molecule has 20 heavy (non-hydrogen) atoms. The van der Waals surface area contributed by atoms with Crippen LogP contribution in [0.4, 0.5) is 0 Å². The molecule has 0 atom stereocenters. The second kappa shape index (κ2) is 7.47. The maximum Gasteiger partial charge on any atom is 0.127 e. The van der Waals surface area contributed by atoms with Crippen molar-refractivity contribution >= 4 is 0 Å². The predicted octanol–water partition coefficient (Wildman–Crippen LogP) is 0.780. The summed E-state index contributed by atoms with van der Waals surface area (Å²) in [5, 5.41) is 0. The Morgan fingerprint density at radius 3 is 2.60 bits per heavy atom. The molecule has 0 spiro atoms. The molecule has 1 aliphatic heterocycles. The molecule has 1 fully saturated rings. The lowest BCUT2D eigenvalue weighted by Gasteiger charge is -2.32. The van der Waals surface area contributed by atoms with Crippen molar-refractivity contribution in [3.63, 3.8) is 0 Å². The first-order chi connectivity index (χ1) is 9.72. The Balaban J connectivity index is 1.84. The van der Waals surface area contributed by atoms with Crippen molar-refractivity contribution in [1.29, 1.82) is 0 Å². The molecule has 2 rings (SSSR count). The molecule has 0 aliphatic carbocycles. The summed E-state index contributed by atoms with van der Waals surface area (Å²) >= 11 is 0. The minimum atomic E-state index is 0.480. The van der Waals surface area contributed by atoms with E-state index in [9.17, 15) is 0 Å². The molecule has 1 aliphatic rings. The molecule has 0 unspecified atom stereocenters. The summed E-state index contributed by atoms with van der Waals surface area (Å²) in [4.78, 5) is 4.79. The molecule has 1 saturated heterocycles. The van der Waals surface area contributed by atoms with Crippen molar-refractivity contribution in [2.24, 2.45) is 5.73 Å². The van der Waals surface area contributed by atoms with E-state index >= 15 is 0 Å². The van der Waals surface area contributed by atoms with Crippen LogP contribution in [0.1, 0.15) is 5.56 Å². The summed E-state index contributed by atoms with van der Waals surface area (Å²) in [6, 6.07) is 5.78. The Hall–Kier alpha value is -1.30. The zero-order valence-corrected chi connectivity index (χ0v) is 12.5. The molecule has 5 nitrogen and oxygen atoms in total. The Morgan fingerprint density at radius 2 is 1.95 bits per heavy atom. The molecular formula is C15H25N3O2. The van der Waals surface area contributed by atoms with Gasteiger partial charge in [-0.3, -0.25) is 4.90 Å². The van der Waals surface area contributed by atoms with E-state index in [1.165, 1.54) is 0 Å². The van der Waals surface area contributed by atoms with Gasteiger partial charge >= 0.3 is 0 Å². The number of benzene rings is 1. The molecule has 0 aromatic heterocycles. The third-order valence-electron chi connectivity index (χ3n) is 3.76. The van der Waals surface area contributed by atoms with Gasteiger partial charge in [0.15, 0.2) is 0 Å². The van der Waals surface area contributed by atoms with Crippen molar-refractivity contribution in [3.8, 4) is 11.5 Å².